The molecular formula is C22H15N5O2S2. The van der Waals surface area contributed by atoms with E-state index in [9.17, 15) is 15.3 Å². The van der Waals surface area contributed by atoms with Crippen LogP contribution in [0.15, 0.2) is 69.1 Å². The molecule has 31 heavy (non-hydrogen) atoms. The number of thiophene rings is 1. The number of thioether (sulfide) groups is 1. The Hall–Kier alpha value is -3.79. The van der Waals surface area contributed by atoms with Crippen LogP contribution in [0, 0.1) is 22.7 Å². The third-order valence-electron chi connectivity index (χ3n) is 4.46. The number of nitrogens with zero attached hydrogens (tertiary/aromatic N) is 3. The zero-order valence-electron chi connectivity index (χ0n) is 16.1. The molecule has 152 valence electrons. The molecule has 0 spiro atoms. The van der Waals surface area contributed by atoms with Gasteiger partial charge in [-0.05, 0) is 29.2 Å². The second-order valence-electron chi connectivity index (χ2n) is 6.55. The Morgan fingerprint density at radius 3 is 2.65 bits per heavy atom. The van der Waals surface area contributed by atoms with Crippen molar-refractivity contribution in [1.82, 2.24) is 10.5 Å². The quantitative estimate of drug-likeness (QED) is 0.553. The van der Waals surface area contributed by atoms with Gasteiger partial charge in [0.25, 0.3) is 5.56 Å². The molecule has 0 saturated carbocycles. The number of H-pyrrole nitrogens is 1. The molecule has 2 aromatic heterocycles. The summed E-state index contributed by atoms with van der Waals surface area (Å²) in [4.78, 5) is 25.1. The molecule has 9 heteroatoms. The lowest BCUT2D eigenvalue weighted by Crippen LogP contribution is -2.18. The standard InChI is InChI=1S/C22H15N5O2S2/c1-13-25-19(27-29-13)9-14-4-2-5-15(8-14)12-31-22-17(11-24)20(18-6-3-7-30-18)16(10-23)21(28)26-22/h2-8H,1,9,12H2,(H,25,27)(H,26,28). The van der Waals surface area contributed by atoms with Crippen LogP contribution in [0.25, 0.3) is 10.4 Å². The summed E-state index contributed by atoms with van der Waals surface area (Å²) in [6, 6.07) is 15.7. The molecule has 1 aliphatic heterocycles. The number of amidine groups is 1. The average molecular weight is 446 g/mol. The molecule has 1 aliphatic rings. The summed E-state index contributed by atoms with van der Waals surface area (Å²) in [5.74, 6) is 1.55. The summed E-state index contributed by atoms with van der Waals surface area (Å²) < 4.78 is 0. The lowest BCUT2D eigenvalue weighted by molar-refractivity contribution is 0.178. The van der Waals surface area contributed by atoms with Gasteiger partial charge in [-0.15, -0.1) is 23.1 Å². The highest BCUT2D eigenvalue weighted by Crippen LogP contribution is 2.34. The summed E-state index contributed by atoms with van der Waals surface area (Å²) in [5, 5.41) is 21.6. The summed E-state index contributed by atoms with van der Waals surface area (Å²) >= 11 is 2.74. The summed E-state index contributed by atoms with van der Waals surface area (Å²) in [6.45, 7) is 3.64. The molecular weight excluding hydrogens is 430 g/mol. The minimum Gasteiger partial charge on any atom is -0.361 e. The second kappa shape index (κ2) is 8.92. The Morgan fingerprint density at radius 1 is 1.16 bits per heavy atom. The van der Waals surface area contributed by atoms with Crippen LogP contribution in [-0.4, -0.2) is 10.8 Å². The highest BCUT2D eigenvalue weighted by atomic mass is 32.2. The van der Waals surface area contributed by atoms with E-state index in [4.69, 9.17) is 4.84 Å². The number of nitriles is 2. The first-order chi connectivity index (χ1) is 15.1. The first-order valence-corrected chi connectivity index (χ1v) is 11.0. The van der Waals surface area contributed by atoms with E-state index in [1.54, 1.807) is 6.07 Å². The van der Waals surface area contributed by atoms with Crippen LogP contribution >= 0.6 is 23.1 Å². The molecule has 0 radical (unpaired) electrons. The van der Waals surface area contributed by atoms with Crippen LogP contribution in [0.4, 0.5) is 0 Å². The monoisotopic (exact) mass is 445 g/mol. The highest BCUT2D eigenvalue weighted by molar-refractivity contribution is 7.98. The predicted molar refractivity (Wildman–Crippen MR) is 120 cm³/mol. The molecule has 7 nitrogen and oxygen atoms in total. The number of hydrogen-bond acceptors (Lipinski definition) is 8. The largest absolute Gasteiger partial charge is 0.361 e. The van der Waals surface area contributed by atoms with Gasteiger partial charge in [0.2, 0.25) is 5.88 Å². The van der Waals surface area contributed by atoms with Crippen molar-refractivity contribution < 1.29 is 4.84 Å². The van der Waals surface area contributed by atoms with Gasteiger partial charge >= 0.3 is 0 Å². The fourth-order valence-electron chi connectivity index (χ4n) is 3.14. The number of aromatic amines is 1. The summed E-state index contributed by atoms with van der Waals surface area (Å²) in [6.07, 6.45) is 0.567. The molecule has 0 atom stereocenters. The van der Waals surface area contributed by atoms with E-state index >= 15 is 0 Å². The van der Waals surface area contributed by atoms with Crippen molar-refractivity contribution >= 4 is 28.9 Å². The van der Waals surface area contributed by atoms with Crippen LogP contribution in [0.2, 0.25) is 0 Å². The molecule has 3 heterocycles. The smallest absolute Gasteiger partial charge is 0.267 e. The van der Waals surface area contributed by atoms with Crippen LogP contribution < -0.4 is 11.0 Å². The number of aromatic nitrogens is 1. The van der Waals surface area contributed by atoms with Gasteiger partial charge < -0.3 is 9.82 Å². The molecule has 1 aromatic carbocycles. The van der Waals surface area contributed by atoms with E-state index < -0.39 is 5.56 Å². The van der Waals surface area contributed by atoms with Gasteiger partial charge in [-0.25, -0.2) is 5.48 Å². The second-order valence-corrected chi connectivity index (χ2v) is 8.48. The van der Waals surface area contributed by atoms with Gasteiger partial charge in [0.05, 0.1) is 10.6 Å². The SMILES string of the molecule is C=C1N=C(Cc2cccc(CSc3[nH]c(=O)c(C#N)c(-c4cccs4)c3C#N)c2)NO1. The normalized spacial score (nSPS) is 12.5. The van der Waals surface area contributed by atoms with Crippen LogP contribution in [0.3, 0.4) is 0 Å². The molecule has 0 saturated heterocycles. The van der Waals surface area contributed by atoms with Crippen molar-refractivity contribution in [2.24, 2.45) is 4.99 Å². The van der Waals surface area contributed by atoms with E-state index in [1.807, 2.05) is 41.8 Å². The van der Waals surface area contributed by atoms with Crippen molar-refractivity contribution in [2.45, 2.75) is 17.2 Å². The number of hydrogen-bond donors (Lipinski definition) is 2. The van der Waals surface area contributed by atoms with E-state index in [1.165, 1.54) is 23.1 Å². The van der Waals surface area contributed by atoms with Gasteiger partial charge in [0.15, 0.2) is 0 Å². The first-order valence-electron chi connectivity index (χ1n) is 9.13. The Labute approximate surface area is 186 Å². The average Bonchev–Trinajstić information content (AvgIpc) is 3.44. The van der Waals surface area contributed by atoms with Crippen molar-refractivity contribution in [3.63, 3.8) is 0 Å². The van der Waals surface area contributed by atoms with Gasteiger partial charge in [0.1, 0.15) is 23.5 Å². The minimum atomic E-state index is -0.494. The molecule has 0 fully saturated rings. The number of pyridine rings is 1. The topological polar surface area (TPSA) is 114 Å². The Balaban J connectivity index is 1.61. The Morgan fingerprint density at radius 2 is 1.97 bits per heavy atom. The third-order valence-corrected chi connectivity index (χ3v) is 6.42. The minimum absolute atomic E-state index is 0.0426. The molecule has 3 aromatic rings. The van der Waals surface area contributed by atoms with Gasteiger partial charge in [-0.1, -0.05) is 30.3 Å². The summed E-state index contributed by atoms with van der Waals surface area (Å²) in [7, 11) is 0. The van der Waals surface area contributed by atoms with E-state index in [-0.39, 0.29) is 5.56 Å². The molecule has 4 rings (SSSR count). The number of rotatable bonds is 6. The maximum atomic E-state index is 12.5. The van der Waals surface area contributed by atoms with Gasteiger partial charge in [-0.3, -0.25) is 4.79 Å². The van der Waals surface area contributed by atoms with Crippen LogP contribution in [0.1, 0.15) is 22.3 Å². The van der Waals surface area contributed by atoms with E-state index in [2.05, 4.69) is 28.1 Å². The Kier molecular flexibility index (Phi) is 5.89. The van der Waals surface area contributed by atoms with Gasteiger partial charge in [-0.2, -0.15) is 15.5 Å². The van der Waals surface area contributed by atoms with Crippen LogP contribution in [-0.2, 0) is 17.0 Å². The number of nitrogens with one attached hydrogen (secondary N) is 2. The highest BCUT2D eigenvalue weighted by Gasteiger charge is 2.20. The van der Waals surface area contributed by atoms with E-state index in [0.29, 0.717) is 40.0 Å². The number of aliphatic imine (C=N–C) groups is 1. The predicted octanol–water partition coefficient (Wildman–Crippen LogP) is 4.09. The zero-order chi connectivity index (χ0) is 21.8. The fraction of sp³-hybridized carbons (Fsp3) is 0.0909. The number of hydroxylamine groups is 1. The zero-order valence-corrected chi connectivity index (χ0v) is 17.8. The number of benzene rings is 1. The van der Waals surface area contributed by atoms with Crippen molar-refractivity contribution in [3.8, 4) is 22.6 Å². The molecule has 0 amide bonds. The summed E-state index contributed by atoms with van der Waals surface area (Å²) in [5.41, 5.74) is 4.95. The maximum Gasteiger partial charge on any atom is 0.267 e. The van der Waals surface area contributed by atoms with Crippen molar-refractivity contribution in [1.29, 1.82) is 10.5 Å². The molecule has 0 aliphatic carbocycles. The van der Waals surface area contributed by atoms with Gasteiger partial charge in [0, 0.05) is 22.6 Å². The fourth-order valence-corrected chi connectivity index (χ4v) is 4.87. The lowest BCUT2D eigenvalue weighted by atomic mass is 10.0. The Bertz CT molecular complexity index is 1330. The van der Waals surface area contributed by atoms with Crippen molar-refractivity contribution in [3.05, 3.63) is 86.8 Å². The maximum absolute atomic E-state index is 12.5. The molecule has 0 bridgehead atoms. The van der Waals surface area contributed by atoms with Crippen LogP contribution in [0.5, 0.6) is 0 Å². The molecule has 2 N–H and O–H groups in total. The van der Waals surface area contributed by atoms with E-state index in [0.717, 1.165) is 16.0 Å². The molecule has 0 unspecified atom stereocenters. The third kappa shape index (κ3) is 4.38. The van der Waals surface area contributed by atoms with Crippen molar-refractivity contribution in [2.75, 3.05) is 0 Å². The lowest BCUT2D eigenvalue weighted by Gasteiger charge is -2.10. The first kappa shape index (κ1) is 20.5.